The summed E-state index contributed by atoms with van der Waals surface area (Å²) in [5, 5.41) is 0.652. The van der Waals surface area contributed by atoms with E-state index in [0.29, 0.717) is 28.8 Å². The maximum atomic E-state index is 13.5. The number of piperidine rings is 1. The van der Waals surface area contributed by atoms with Crippen LogP contribution in [0.15, 0.2) is 41.2 Å². The van der Waals surface area contributed by atoms with Crippen LogP contribution in [0.1, 0.15) is 32.5 Å². The van der Waals surface area contributed by atoms with Gasteiger partial charge in [-0.25, -0.2) is 4.98 Å². The van der Waals surface area contributed by atoms with Crippen molar-refractivity contribution in [2.45, 2.75) is 46.2 Å². The molecule has 1 aromatic heterocycles. The van der Waals surface area contributed by atoms with E-state index in [1.54, 1.807) is 14.2 Å². The Morgan fingerprint density at radius 3 is 2.50 bits per heavy atom. The molecule has 0 amide bonds. The van der Waals surface area contributed by atoms with Crippen LogP contribution in [0.4, 0.5) is 0 Å². The van der Waals surface area contributed by atoms with Gasteiger partial charge in [0.05, 0.1) is 25.1 Å². The fourth-order valence-corrected chi connectivity index (χ4v) is 4.72. The molecule has 0 radical (unpaired) electrons. The Bertz CT molecular complexity index is 1170. The van der Waals surface area contributed by atoms with Gasteiger partial charge in [0.2, 0.25) is 0 Å². The van der Waals surface area contributed by atoms with E-state index in [1.165, 1.54) is 6.42 Å². The molecule has 4 rings (SSSR count). The van der Waals surface area contributed by atoms with Gasteiger partial charge in [0.1, 0.15) is 5.82 Å². The molecule has 1 aliphatic rings. The molecule has 6 heteroatoms. The summed E-state index contributed by atoms with van der Waals surface area (Å²) < 4.78 is 12.7. The predicted octanol–water partition coefficient (Wildman–Crippen LogP) is 4.51. The molecule has 0 aliphatic carbocycles. The Morgan fingerprint density at radius 1 is 1.06 bits per heavy atom. The van der Waals surface area contributed by atoms with Crippen LogP contribution < -0.4 is 15.0 Å². The van der Waals surface area contributed by atoms with Crippen LogP contribution in [0.3, 0.4) is 0 Å². The highest BCUT2D eigenvalue weighted by Gasteiger charge is 2.23. The number of benzene rings is 2. The fraction of sp³-hybridized carbons (Fsp3) is 0.462. The van der Waals surface area contributed by atoms with E-state index in [0.717, 1.165) is 48.5 Å². The van der Waals surface area contributed by atoms with Crippen molar-refractivity contribution in [1.29, 1.82) is 0 Å². The van der Waals surface area contributed by atoms with Crippen LogP contribution in [-0.2, 0) is 6.54 Å². The summed E-state index contributed by atoms with van der Waals surface area (Å²) in [6, 6.07) is 12.2. The molecule has 0 spiro atoms. The Labute approximate surface area is 189 Å². The maximum absolute atomic E-state index is 13.5. The van der Waals surface area contributed by atoms with Gasteiger partial charge in [-0.05, 0) is 81.5 Å². The zero-order valence-corrected chi connectivity index (χ0v) is 19.7. The molecule has 1 atom stereocenters. The van der Waals surface area contributed by atoms with Gasteiger partial charge < -0.3 is 14.4 Å². The summed E-state index contributed by atoms with van der Waals surface area (Å²) in [5.74, 6) is 2.59. The molecule has 3 aromatic rings. The number of aryl methyl sites for hydroxylation is 1. The first-order valence-corrected chi connectivity index (χ1v) is 11.4. The van der Waals surface area contributed by atoms with Crippen molar-refractivity contribution in [3.8, 4) is 22.6 Å². The normalized spacial score (nSPS) is 17.1. The lowest BCUT2D eigenvalue weighted by molar-refractivity contribution is 0.129. The van der Waals surface area contributed by atoms with Gasteiger partial charge in [0, 0.05) is 19.1 Å². The molecule has 32 heavy (non-hydrogen) atoms. The van der Waals surface area contributed by atoms with Gasteiger partial charge >= 0.3 is 0 Å². The van der Waals surface area contributed by atoms with E-state index in [4.69, 9.17) is 14.5 Å². The molecule has 0 bridgehead atoms. The summed E-state index contributed by atoms with van der Waals surface area (Å²) in [4.78, 5) is 20.8. The summed E-state index contributed by atoms with van der Waals surface area (Å²) >= 11 is 0. The summed E-state index contributed by atoms with van der Waals surface area (Å²) in [7, 11) is 3.25. The molecule has 170 valence electrons. The Balaban J connectivity index is 1.70. The topological polar surface area (TPSA) is 56.6 Å². The van der Waals surface area contributed by atoms with Gasteiger partial charge in [-0.1, -0.05) is 12.1 Å². The number of rotatable bonds is 6. The Hall–Kier alpha value is -2.86. The van der Waals surface area contributed by atoms with Crippen molar-refractivity contribution >= 4 is 10.9 Å². The molecule has 2 heterocycles. The minimum absolute atomic E-state index is 0.0384. The molecule has 1 aliphatic heterocycles. The third-order valence-corrected chi connectivity index (χ3v) is 6.58. The molecule has 1 saturated heterocycles. The lowest BCUT2D eigenvalue weighted by Gasteiger charge is -2.35. The number of ether oxygens (including phenoxy) is 2. The van der Waals surface area contributed by atoms with E-state index in [9.17, 15) is 4.79 Å². The molecule has 1 fully saturated rings. The summed E-state index contributed by atoms with van der Waals surface area (Å²) in [6.07, 6.45) is 2.33. The first kappa shape index (κ1) is 22.3. The summed E-state index contributed by atoms with van der Waals surface area (Å²) in [5.41, 5.74) is 2.70. The predicted molar refractivity (Wildman–Crippen MR) is 129 cm³/mol. The average molecular weight is 436 g/mol. The first-order chi connectivity index (χ1) is 15.4. The van der Waals surface area contributed by atoms with Crippen LogP contribution in [0.25, 0.3) is 22.0 Å². The molecule has 2 aromatic carbocycles. The number of nitrogens with zero attached hydrogens (tertiary/aromatic N) is 3. The van der Waals surface area contributed by atoms with Crippen molar-refractivity contribution in [2.75, 3.05) is 27.3 Å². The number of hydrogen-bond donors (Lipinski definition) is 0. The van der Waals surface area contributed by atoms with E-state index in [-0.39, 0.29) is 5.56 Å². The highest BCUT2D eigenvalue weighted by atomic mass is 16.5. The third kappa shape index (κ3) is 4.37. The van der Waals surface area contributed by atoms with Crippen molar-refractivity contribution in [3.63, 3.8) is 0 Å². The van der Waals surface area contributed by atoms with Crippen molar-refractivity contribution in [3.05, 3.63) is 52.6 Å². The minimum Gasteiger partial charge on any atom is -0.493 e. The smallest absolute Gasteiger partial charge is 0.261 e. The zero-order chi connectivity index (χ0) is 22.8. The highest BCUT2D eigenvalue weighted by Crippen LogP contribution is 2.33. The van der Waals surface area contributed by atoms with Crippen LogP contribution in [0, 0.1) is 12.8 Å². The lowest BCUT2D eigenvalue weighted by atomic mass is 9.96. The lowest BCUT2D eigenvalue weighted by Crippen LogP contribution is -2.42. The maximum Gasteiger partial charge on any atom is 0.261 e. The van der Waals surface area contributed by atoms with Crippen LogP contribution >= 0.6 is 0 Å². The fourth-order valence-electron chi connectivity index (χ4n) is 4.72. The van der Waals surface area contributed by atoms with E-state index >= 15 is 0 Å². The second-order valence-electron chi connectivity index (χ2n) is 8.97. The number of likely N-dealkylation sites (tertiary alicyclic amines) is 1. The number of fused-ring (bicyclic) bond motifs is 1. The monoisotopic (exact) mass is 435 g/mol. The molecular weight excluding hydrogens is 402 g/mol. The van der Waals surface area contributed by atoms with E-state index in [2.05, 4.69) is 18.7 Å². The third-order valence-electron chi connectivity index (χ3n) is 6.58. The van der Waals surface area contributed by atoms with Gasteiger partial charge in [-0.15, -0.1) is 0 Å². The molecule has 6 nitrogen and oxygen atoms in total. The van der Waals surface area contributed by atoms with Crippen molar-refractivity contribution in [2.24, 2.45) is 5.92 Å². The quantitative estimate of drug-likeness (QED) is 0.570. The second kappa shape index (κ2) is 9.33. The largest absolute Gasteiger partial charge is 0.493 e. The molecule has 0 unspecified atom stereocenters. The van der Waals surface area contributed by atoms with Crippen LogP contribution in [0.2, 0.25) is 0 Å². The van der Waals surface area contributed by atoms with Gasteiger partial charge in [0.25, 0.3) is 5.56 Å². The SMILES string of the molecule is COc1ccc(-c2ccc3nc(C)n(C[C@H]4CCCN(C(C)C)C4)c(=O)c3c2)cc1OC. The Morgan fingerprint density at radius 2 is 1.78 bits per heavy atom. The van der Waals surface area contributed by atoms with E-state index < -0.39 is 0 Å². The van der Waals surface area contributed by atoms with Crippen molar-refractivity contribution < 1.29 is 9.47 Å². The zero-order valence-electron chi connectivity index (χ0n) is 19.7. The second-order valence-corrected chi connectivity index (χ2v) is 8.97. The standard InChI is InChI=1S/C26H33N3O3/c1-17(2)28-12-6-7-19(15-28)16-29-18(3)27-23-10-8-20(13-22(23)26(29)30)21-9-11-24(31-4)25(14-21)32-5/h8-11,13-14,17,19H,6-7,12,15-16H2,1-5H3/t19-/m0/s1. The van der Waals surface area contributed by atoms with Crippen molar-refractivity contribution in [1.82, 2.24) is 14.5 Å². The number of hydrogen-bond acceptors (Lipinski definition) is 5. The first-order valence-electron chi connectivity index (χ1n) is 11.4. The number of aromatic nitrogens is 2. The summed E-state index contributed by atoms with van der Waals surface area (Å²) in [6.45, 7) is 9.32. The molecule has 0 N–H and O–H groups in total. The van der Waals surface area contributed by atoms with Gasteiger partial charge in [-0.3, -0.25) is 9.36 Å². The molecule has 0 saturated carbocycles. The number of methoxy groups -OCH3 is 2. The van der Waals surface area contributed by atoms with Gasteiger partial charge in [0.15, 0.2) is 11.5 Å². The van der Waals surface area contributed by atoms with E-state index in [1.807, 2.05) is 47.9 Å². The minimum atomic E-state index is 0.0384. The van der Waals surface area contributed by atoms with Gasteiger partial charge in [-0.2, -0.15) is 0 Å². The van der Waals surface area contributed by atoms with Crippen LogP contribution in [0.5, 0.6) is 11.5 Å². The molecular formula is C26H33N3O3. The Kier molecular flexibility index (Phi) is 6.51. The average Bonchev–Trinajstić information content (AvgIpc) is 2.81. The highest BCUT2D eigenvalue weighted by molar-refractivity contribution is 5.84. The van der Waals surface area contributed by atoms with Crippen LogP contribution in [-0.4, -0.2) is 47.8 Å².